The van der Waals surface area contributed by atoms with Gasteiger partial charge < -0.3 is 15.3 Å². The van der Waals surface area contributed by atoms with E-state index in [0.717, 1.165) is 5.56 Å². The zero-order valence-corrected chi connectivity index (χ0v) is 12.1. The molecule has 0 saturated heterocycles. The Morgan fingerprint density at radius 2 is 2.15 bits per heavy atom. The number of hydrogen-bond donors (Lipinski definition) is 2. The summed E-state index contributed by atoms with van der Waals surface area (Å²) in [5, 5.41) is 21.1. The van der Waals surface area contributed by atoms with Crippen molar-refractivity contribution < 1.29 is 9.90 Å². The molecule has 0 aliphatic carbocycles. The van der Waals surface area contributed by atoms with Crippen molar-refractivity contribution in [2.45, 2.75) is 25.9 Å². The molecule has 5 nitrogen and oxygen atoms in total. The minimum Gasteiger partial charge on any atom is -0.480 e. The average Bonchev–Trinajstić information content (AvgIpc) is 2.46. The normalized spacial score (nSPS) is 11.2. The number of hydrogen-bond acceptors (Lipinski definition) is 3. The van der Waals surface area contributed by atoms with Gasteiger partial charge >= 0.3 is 5.97 Å². The molecule has 0 bridgehead atoms. The first-order valence-electron chi connectivity index (χ1n) is 6.24. The molecule has 0 aliphatic rings. The molecule has 0 aromatic heterocycles. The fraction of sp³-hybridized carbons (Fsp3) is 0.357. The van der Waals surface area contributed by atoms with Crippen molar-refractivity contribution >= 4 is 23.3 Å². The highest BCUT2D eigenvalue weighted by Gasteiger charge is 2.22. The van der Waals surface area contributed by atoms with Crippen molar-refractivity contribution in [2.24, 2.45) is 0 Å². The first-order valence-corrected chi connectivity index (χ1v) is 6.65. The Balaban J connectivity index is 2.63. The standard InChI is InChI=1S/C14H17N3O2S/c1-11(13(18)19)17(9-5-8-15)14(20)16-10-12-6-3-2-4-7-12/h2-4,6-7,11H,5,9-10H2,1H3,(H,16,20)(H,18,19). The minimum absolute atomic E-state index is 0.227. The summed E-state index contributed by atoms with van der Waals surface area (Å²) < 4.78 is 0. The van der Waals surface area contributed by atoms with Crippen LogP contribution in [0.15, 0.2) is 30.3 Å². The maximum Gasteiger partial charge on any atom is 0.326 e. The van der Waals surface area contributed by atoms with Gasteiger partial charge in [0.2, 0.25) is 0 Å². The van der Waals surface area contributed by atoms with Gasteiger partial charge in [0.1, 0.15) is 6.04 Å². The van der Waals surface area contributed by atoms with E-state index in [1.807, 2.05) is 36.4 Å². The summed E-state index contributed by atoms with van der Waals surface area (Å²) in [7, 11) is 0. The average molecular weight is 291 g/mol. The number of carbonyl (C=O) groups is 1. The van der Waals surface area contributed by atoms with Crippen LogP contribution in [-0.4, -0.2) is 33.7 Å². The Kier molecular flexibility index (Phi) is 6.47. The lowest BCUT2D eigenvalue weighted by molar-refractivity contribution is -0.141. The number of nitrogens with one attached hydrogen (secondary N) is 1. The largest absolute Gasteiger partial charge is 0.480 e. The van der Waals surface area contributed by atoms with E-state index in [4.69, 9.17) is 22.6 Å². The second kappa shape index (κ2) is 8.12. The van der Waals surface area contributed by atoms with Crippen molar-refractivity contribution in [1.29, 1.82) is 5.26 Å². The first-order chi connectivity index (χ1) is 9.56. The van der Waals surface area contributed by atoms with Crippen molar-refractivity contribution in [3.05, 3.63) is 35.9 Å². The Hall–Kier alpha value is -2.13. The van der Waals surface area contributed by atoms with Crippen molar-refractivity contribution in [3.63, 3.8) is 0 Å². The second-order valence-electron chi connectivity index (χ2n) is 4.26. The molecule has 2 N–H and O–H groups in total. The molecule has 6 heteroatoms. The summed E-state index contributed by atoms with van der Waals surface area (Å²) in [5.74, 6) is -0.966. The molecular weight excluding hydrogens is 274 g/mol. The molecule has 1 atom stereocenters. The van der Waals surface area contributed by atoms with E-state index < -0.39 is 12.0 Å². The number of rotatable bonds is 6. The van der Waals surface area contributed by atoms with Crippen LogP contribution in [-0.2, 0) is 11.3 Å². The number of benzene rings is 1. The van der Waals surface area contributed by atoms with Crippen LogP contribution in [0.5, 0.6) is 0 Å². The molecule has 0 radical (unpaired) electrons. The van der Waals surface area contributed by atoms with Crippen LogP contribution in [0.1, 0.15) is 18.9 Å². The van der Waals surface area contributed by atoms with Crippen LogP contribution < -0.4 is 5.32 Å². The van der Waals surface area contributed by atoms with E-state index in [1.54, 1.807) is 6.92 Å². The van der Waals surface area contributed by atoms with Crippen LogP contribution in [0.25, 0.3) is 0 Å². The van der Waals surface area contributed by atoms with Gasteiger partial charge in [-0.1, -0.05) is 30.3 Å². The zero-order valence-electron chi connectivity index (χ0n) is 11.2. The van der Waals surface area contributed by atoms with E-state index in [0.29, 0.717) is 18.2 Å². The molecule has 1 aromatic carbocycles. The van der Waals surface area contributed by atoms with Crippen molar-refractivity contribution in [1.82, 2.24) is 10.2 Å². The highest BCUT2D eigenvalue weighted by molar-refractivity contribution is 7.80. The number of nitrogens with zero attached hydrogens (tertiary/aromatic N) is 2. The summed E-state index contributed by atoms with van der Waals surface area (Å²) in [6.45, 7) is 2.37. The van der Waals surface area contributed by atoms with Crippen LogP contribution in [0.4, 0.5) is 0 Å². The smallest absolute Gasteiger partial charge is 0.326 e. The summed E-state index contributed by atoms with van der Waals surface area (Å²) >= 11 is 5.23. The van der Waals surface area contributed by atoms with Gasteiger partial charge in [-0.25, -0.2) is 4.79 Å². The van der Waals surface area contributed by atoms with Gasteiger partial charge in [0.15, 0.2) is 5.11 Å². The van der Waals surface area contributed by atoms with E-state index in [9.17, 15) is 4.79 Å². The van der Waals surface area contributed by atoms with E-state index in [2.05, 4.69) is 5.32 Å². The second-order valence-corrected chi connectivity index (χ2v) is 4.65. The molecule has 0 amide bonds. The number of nitriles is 1. The number of thiocarbonyl (C=S) groups is 1. The highest BCUT2D eigenvalue weighted by Crippen LogP contribution is 2.04. The fourth-order valence-electron chi connectivity index (χ4n) is 1.65. The number of carboxylic acid groups (broad SMARTS) is 1. The summed E-state index contributed by atoms with van der Waals surface area (Å²) in [5.41, 5.74) is 1.05. The van der Waals surface area contributed by atoms with E-state index in [1.165, 1.54) is 4.90 Å². The van der Waals surface area contributed by atoms with Crippen molar-refractivity contribution in [2.75, 3.05) is 6.54 Å². The molecule has 0 fully saturated rings. The third-order valence-electron chi connectivity index (χ3n) is 2.84. The van der Waals surface area contributed by atoms with E-state index >= 15 is 0 Å². The van der Waals surface area contributed by atoms with Gasteiger partial charge in [-0.3, -0.25) is 0 Å². The lowest BCUT2D eigenvalue weighted by Gasteiger charge is -2.28. The summed E-state index contributed by atoms with van der Waals surface area (Å²) in [4.78, 5) is 12.6. The van der Waals surface area contributed by atoms with Gasteiger partial charge in [0.25, 0.3) is 0 Å². The predicted molar refractivity (Wildman–Crippen MR) is 79.9 cm³/mol. The highest BCUT2D eigenvalue weighted by atomic mass is 32.1. The Morgan fingerprint density at radius 3 is 2.70 bits per heavy atom. The Labute approximate surface area is 123 Å². The van der Waals surface area contributed by atoms with Gasteiger partial charge in [0, 0.05) is 13.1 Å². The lowest BCUT2D eigenvalue weighted by Crippen LogP contribution is -2.48. The van der Waals surface area contributed by atoms with E-state index in [-0.39, 0.29) is 6.42 Å². The third-order valence-corrected chi connectivity index (χ3v) is 3.22. The van der Waals surface area contributed by atoms with Crippen LogP contribution >= 0.6 is 12.2 Å². The Bertz CT molecular complexity index is 499. The summed E-state index contributed by atoms with van der Waals surface area (Å²) in [6, 6.07) is 10.9. The van der Waals surface area contributed by atoms with Gasteiger partial charge in [0.05, 0.1) is 12.5 Å². The van der Waals surface area contributed by atoms with Gasteiger partial charge in [-0.2, -0.15) is 5.26 Å². The number of aliphatic carboxylic acids is 1. The SMILES string of the molecule is CC(C(=O)O)N(CCC#N)C(=S)NCc1ccccc1. The van der Waals surface area contributed by atoms with Gasteiger partial charge in [-0.05, 0) is 24.7 Å². The zero-order chi connectivity index (χ0) is 15.0. The topological polar surface area (TPSA) is 76.4 Å². The van der Waals surface area contributed by atoms with Crippen LogP contribution in [0.2, 0.25) is 0 Å². The molecule has 0 spiro atoms. The van der Waals surface area contributed by atoms with Gasteiger partial charge in [-0.15, -0.1) is 0 Å². The maximum absolute atomic E-state index is 11.1. The summed E-state index contributed by atoms with van der Waals surface area (Å²) in [6.07, 6.45) is 0.227. The minimum atomic E-state index is -0.966. The molecule has 1 rings (SSSR count). The Morgan fingerprint density at radius 1 is 1.50 bits per heavy atom. The molecule has 106 valence electrons. The molecule has 0 heterocycles. The molecule has 1 unspecified atom stereocenters. The lowest BCUT2D eigenvalue weighted by atomic mass is 10.2. The molecule has 0 saturated carbocycles. The van der Waals surface area contributed by atoms with Crippen LogP contribution in [0, 0.1) is 11.3 Å². The van der Waals surface area contributed by atoms with Crippen molar-refractivity contribution in [3.8, 4) is 6.07 Å². The third kappa shape index (κ3) is 4.86. The fourth-order valence-corrected chi connectivity index (χ4v) is 1.97. The maximum atomic E-state index is 11.1. The molecule has 1 aromatic rings. The first kappa shape index (κ1) is 15.9. The quantitative estimate of drug-likeness (QED) is 0.778. The molecular formula is C14H17N3O2S. The molecule has 0 aliphatic heterocycles. The number of carboxylic acids is 1. The molecule has 20 heavy (non-hydrogen) atoms. The predicted octanol–water partition coefficient (Wildman–Crippen LogP) is 1.75. The van der Waals surface area contributed by atoms with Crippen LogP contribution in [0.3, 0.4) is 0 Å². The monoisotopic (exact) mass is 291 g/mol.